The molecule has 0 atom stereocenters. The van der Waals surface area contributed by atoms with E-state index in [2.05, 4.69) is 5.32 Å². The first-order valence-electron chi connectivity index (χ1n) is 6.55. The van der Waals surface area contributed by atoms with Crippen molar-refractivity contribution in [2.75, 3.05) is 51.5 Å². The SMILES string of the molecule is CCN(CCOC)CC(=O)Nc1cc(N)ccc1OC. The number of hydrogen-bond acceptors (Lipinski definition) is 5. The van der Waals surface area contributed by atoms with E-state index in [0.29, 0.717) is 36.8 Å². The molecule has 0 aliphatic heterocycles. The number of amides is 1. The van der Waals surface area contributed by atoms with E-state index in [0.717, 1.165) is 6.54 Å². The first kappa shape index (κ1) is 16.3. The van der Waals surface area contributed by atoms with Gasteiger partial charge in [0.1, 0.15) is 5.75 Å². The Kier molecular flexibility index (Phi) is 6.83. The zero-order chi connectivity index (χ0) is 15.0. The lowest BCUT2D eigenvalue weighted by Gasteiger charge is -2.19. The van der Waals surface area contributed by atoms with E-state index in [9.17, 15) is 4.79 Å². The molecular weight excluding hydrogens is 258 g/mol. The molecular formula is C14H23N3O3. The van der Waals surface area contributed by atoms with Crippen LogP contribution in [0.4, 0.5) is 11.4 Å². The van der Waals surface area contributed by atoms with Gasteiger partial charge in [-0.05, 0) is 24.7 Å². The second-order valence-electron chi connectivity index (χ2n) is 4.37. The van der Waals surface area contributed by atoms with Gasteiger partial charge in [0.2, 0.25) is 5.91 Å². The number of likely N-dealkylation sites (N-methyl/N-ethyl adjacent to an activating group) is 1. The summed E-state index contributed by atoms with van der Waals surface area (Å²) >= 11 is 0. The van der Waals surface area contributed by atoms with Gasteiger partial charge >= 0.3 is 0 Å². The van der Waals surface area contributed by atoms with Gasteiger partial charge in [-0.3, -0.25) is 9.69 Å². The molecule has 0 spiro atoms. The Bertz CT molecular complexity index is 438. The molecule has 112 valence electrons. The van der Waals surface area contributed by atoms with Crippen LogP contribution in [0.5, 0.6) is 5.75 Å². The number of nitrogens with zero attached hydrogens (tertiary/aromatic N) is 1. The third kappa shape index (κ3) is 5.07. The Morgan fingerprint density at radius 2 is 2.15 bits per heavy atom. The van der Waals surface area contributed by atoms with E-state index < -0.39 is 0 Å². The van der Waals surface area contributed by atoms with Gasteiger partial charge in [0.25, 0.3) is 0 Å². The first-order valence-corrected chi connectivity index (χ1v) is 6.55. The van der Waals surface area contributed by atoms with Gasteiger partial charge in [-0.1, -0.05) is 6.92 Å². The highest BCUT2D eigenvalue weighted by molar-refractivity contribution is 5.94. The number of nitrogens with two attached hydrogens (primary N) is 1. The minimum atomic E-state index is -0.105. The minimum Gasteiger partial charge on any atom is -0.495 e. The van der Waals surface area contributed by atoms with Gasteiger partial charge in [-0.15, -0.1) is 0 Å². The maximum atomic E-state index is 12.0. The monoisotopic (exact) mass is 281 g/mol. The molecule has 0 bridgehead atoms. The predicted molar refractivity (Wildman–Crippen MR) is 80.0 cm³/mol. The van der Waals surface area contributed by atoms with Gasteiger partial charge in [0.15, 0.2) is 0 Å². The predicted octanol–water partition coefficient (Wildman–Crippen LogP) is 1.18. The van der Waals surface area contributed by atoms with Crippen molar-refractivity contribution in [3.63, 3.8) is 0 Å². The molecule has 0 unspecified atom stereocenters. The molecule has 0 saturated heterocycles. The summed E-state index contributed by atoms with van der Waals surface area (Å²) in [5.41, 5.74) is 6.88. The van der Waals surface area contributed by atoms with E-state index in [1.165, 1.54) is 0 Å². The second-order valence-corrected chi connectivity index (χ2v) is 4.37. The summed E-state index contributed by atoms with van der Waals surface area (Å²) < 4.78 is 10.2. The van der Waals surface area contributed by atoms with Crippen LogP contribution in [0.15, 0.2) is 18.2 Å². The number of nitrogens with one attached hydrogen (secondary N) is 1. The molecule has 1 rings (SSSR count). The number of hydrogen-bond donors (Lipinski definition) is 2. The van der Waals surface area contributed by atoms with Crippen molar-refractivity contribution in [3.8, 4) is 5.75 Å². The first-order chi connectivity index (χ1) is 9.60. The van der Waals surface area contributed by atoms with Gasteiger partial charge in [0, 0.05) is 19.3 Å². The average Bonchev–Trinajstić information content (AvgIpc) is 2.43. The number of ether oxygens (including phenoxy) is 2. The van der Waals surface area contributed by atoms with Crippen molar-refractivity contribution in [3.05, 3.63) is 18.2 Å². The number of carbonyl (C=O) groups is 1. The van der Waals surface area contributed by atoms with Crippen LogP contribution in [-0.4, -0.2) is 51.3 Å². The maximum Gasteiger partial charge on any atom is 0.238 e. The number of methoxy groups -OCH3 is 2. The quantitative estimate of drug-likeness (QED) is 0.700. The molecule has 6 heteroatoms. The number of nitrogen functional groups attached to an aromatic ring is 1. The smallest absolute Gasteiger partial charge is 0.238 e. The van der Waals surface area contributed by atoms with E-state index >= 15 is 0 Å². The largest absolute Gasteiger partial charge is 0.495 e. The van der Waals surface area contributed by atoms with Crippen molar-refractivity contribution in [2.45, 2.75) is 6.92 Å². The molecule has 0 radical (unpaired) electrons. The zero-order valence-corrected chi connectivity index (χ0v) is 12.3. The summed E-state index contributed by atoms with van der Waals surface area (Å²) in [5.74, 6) is 0.486. The van der Waals surface area contributed by atoms with Crippen molar-refractivity contribution < 1.29 is 14.3 Å². The van der Waals surface area contributed by atoms with Crippen molar-refractivity contribution in [2.24, 2.45) is 0 Å². The van der Waals surface area contributed by atoms with Gasteiger partial charge in [-0.2, -0.15) is 0 Å². The zero-order valence-electron chi connectivity index (χ0n) is 12.3. The molecule has 20 heavy (non-hydrogen) atoms. The summed E-state index contributed by atoms with van der Waals surface area (Å²) in [6, 6.07) is 5.14. The lowest BCUT2D eigenvalue weighted by atomic mass is 10.2. The molecule has 0 aliphatic carbocycles. The molecule has 3 N–H and O–H groups in total. The average molecular weight is 281 g/mol. The van der Waals surface area contributed by atoms with Gasteiger partial charge in [0.05, 0.1) is 25.9 Å². The number of carbonyl (C=O) groups excluding carboxylic acids is 1. The number of anilines is 2. The van der Waals surface area contributed by atoms with Crippen LogP contribution in [0.3, 0.4) is 0 Å². The summed E-state index contributed by atoms with van der Waals surface area (Å²) in [7, 11) is 3.20. The number of benzene rings is 1. The lowest BCUT2D eigenvalue weighted by molar-refractivity contribution is -0.117. The normalized spacial score (nSPS) is 10.6. The van der Waals surface area contributed by atoms with Crippen LogP contribution in [0.1, 0.15) is 6.92 Å². The van der Waals surface area contributed by atoms with Crippen molar-refractivity contribution in [1.29, 1.82) is 0 Å². The van der Waals surface area contributed by atoms with Crippen molar-refractivity contribution >= 4 is 17.3 Å². The molecule has 0 fully saturated rings. The Hall–Kier alpha value is -1.79. The minimum absolute atomic E-state index is 0.105. The van der Waals surface area contributed by atoms with Crippen LogP contribution in [0.25, 0.3) is 0 Å². The molecule has 0 aliphatic rings. The van der Waals surface area contributed by atoms with Crippen LogP contribution < -0.4 is 15.8 Å². The molecule has 0 heterocycles. The molecule has 0 saturated carbocycles. The third-order valence-electron chi connectivity index (χ3n) is 2.92. The molecule has 6 nitrogen and oxygen atoms in total. The topological polar surface area (TPSA) is 76.8 Å². The highest BCUT2D eigenvalue weighted by Gasteiger charge is 2.11. The molecule has 1 amide bonds. The Morgan fingerprint density at radius 3 is 2.75 bits per heavy atom. The highest BCUT2D eigenvalue weighted by Crippen LogP contribution is 2.26. The maximum absolute atomic E-state index is 12.0. The lowest BCUT2D eigenvalue weighted by Crippen LogP contribution is -2.35. The second kappa shape index (κ2) is 8.39. The Morgan fingerprint density at radius 1 is 1.40 bits per heavy atom. The van der Waals surface area contributed by atoms with Crippen LogP contribution in [0.2, 0.25) is 0 Å². The van der Waals surface area contributed by atoms with Crippen LogP contribution in [-0.2, 0) is 9.53 Å². The summed E-state index contributed by atoms with van der Waals surface area (Å²) in [6.07, 6.45) is 0. The van der Waals surface area contributed by atoms with Gasteiger partial charge < -0.3 is 20.5 Å². The van der Waals surface area contributed by atoms with Crippen LogP contribution in [0, 0.1) is 0 Å². The van der Waals surface area contributed by atoms with E-state index in [-0.39, 0.29) is 5.91 Å². The highest BCUT2D eigenvalue weighted by atomic mass is 16.5. The fraction of sp³-hybridized carbons (Fsp3) is 0.500. The summed E-state index contributed by atoms with van der Waals surface area (Å²) in [4.78, 5) is 14.0. The van der Waals surface area contributed by atoms with Crippen LogP contribution >= 0.6 is 0 Å². The Labute approximate surface area is 119 Å². The molecule has 0 aromatic heterocycles. The van der Waals surface area contributed by atoms with E-state index in [1.54, 1.807) is 32.4 Å². The van der Waals surface area contributed by atoms with E-state index in [1.807, 2.05) is 11.8 Å². The summed E-state index contributed by atoms with van der Waals surface area (Å²) in [6.45, 7) is 4.41. The van der Waals surface area contributed by atoms with Gasteiger partial charge in [-0.25, -0.2) is 0 Å². The number of rotatable bonds is 8. The fourth-order valence-corrected chi connectivity index (χ4v) is 1.79. The third-order valence-corrected chi connectivity index (χ3v) is 2.92. The van der Waals surface area contributed by atoms with E-state index in [4.69, 9.17) is 15.2 Å². The Balaban J connectivity index is 2.63. The molecule has 1 aromatic rings. The fourth-order valence-electron chi connectivity index (χ4n) is 1.79. The molecule has 1 aromatic carbocycles. The summed E-state index contributed by atoms with van der Waals surface area (Å²) in [5, 5.41) is 2.82. The standard InChI is InChI=1S/C14H23N3O3/c1-4-17(7-8-19-2)10-14(18)16-12-9-11(15)5-6-13(12)20-3/h5-6,9H,4,7-8,10,15H2,1-3H3,(H,16,18). The van der Waals surface area contributed by atoms with Crippen molar-refractivity contribution in [1.82, 2.24) is 4.90 Å².